The number of carbonyl (C=O) groups is 1. The number of nitrogen functional groups attached to an aromatic ring is 1. The molecule has 0 spiro atoms. The topological polar surface area (TPSA) is 55.1 Å². The molecule has 1 aliphatic rings. The Kier molecular flexibility index (Phi) is 2.58. The number of halogens is 1. The summed E-state index contributed by atoms with van der Waals surface area (Å²) in [4.78, 5) is 11.7. The van der Waals surface area contributed by atoms with Crippen molar-refractivity contribution in [3.05, 3.63) is 29.1 Å². The highest BCUT2D eigenvalue weighted by Crippen LogP contribution is 2.29. The van der Waals surface area contributed by atoms with Crippen LogP contribution in [0.1, 0.15) is 29.3 Å². The summed E-state index contributed by atoms with van der Waals surface area (Å²) in [6, 6.07) is 2.98. The Morgan fingerprint density at radius 3 is 2.69 bits per heavy atom. The highest BCUT2D eigenvalue weighted by atomic mass is 19.1. The van der Waals surface area contributed by atoms with Crippen LogP contribution in [-0.2, 0) is 0 Å². The predicted octanol–water partition coefficient (Wildman–Crippen LogP) is 1.85. The van der Waals surface area contributed by atoms with Gasteiger partial charge in [0, 0.05) is 22.9 Å². The number of nitrogens with one attached hydrogen (secondary N) is 1. The number of benzene rings is 1. The summed E-state index contributed by atoms with van der Waals surface area (Å²) in [5, 5.41) is 2.83. The third-order valence-corrected chi connectivity index (χ3v) is 3.07. The van der Waals surface area contributed by atoms with Crippen LogP contribution >= 0.6 is 0 Å². The van der Waals surface area contributed by atoms with E-state index in [1.165, 1.54) is 12.1 Å². The fourth-order valence-electron chi connectivity index (χ4n) is 1.61. The Balaban J connectivity index is 2.17. The van der Waals surface area contributed by atoms with E-state index in [0.717, 1.165) is 6.42 Å². The van der Waals surface area contributed by atoms with Crippen LogP contribution in [0.5, 0.6) is 0 Å². The van der Waals surface area contributed by atoms with Gasteiger partial charge in [-0.2, -0.15) is 0 Å². The number of amides is 1. The number of anilines is 1. The van der Waals surface area contributed by atoms with Crippen LogP contribution in [0.3, 0.4) is 0 Å². The normalized spacial score (nSPS) is 22.9. The van der Waals surface area contributed by atoms with Gasteiger partial charge in [0.05, 0.1) is 0 Å². The average molecular weight is 222 g/mol. The van der Waals surface area contributed by atoms with E-state index in [0.29, 0.717) is 22.7 Å². The lowest BCUT2D eigenvalue weighted by Gasteiger charge is -2.07. The summed E-state index contributed by atoms with van der Waals surface area (Å²) in [7, 11) is 0. The van der Waals surface area contributed by atoms with Crippen molar-refractivity contribution in [2.75, 3.05) is 5.73 Å². The molecule has 0 heterocycles. The van der Waals surface area contributed by atoms with E-state index in [1.807, 2.05) is 0 Å². The van der Waals surface area contributed by atoms with Crippen molar-refractivity contribution >= 4 is 11.6 Å². The van der Waals surface area contributed by atoms with Gasteiger partial charge < -0.3 is 11.1 Å². The van der Waals surface area contributed by atoms with Crippen LogP contribution in [0.25, 0.3) is 0 Å². The van der Waals surface area contributed by atoms with Gasteiger partial charge in [0.2, 0.25) is 0 Å². The van der Waals surface area contributed by atoms with Crippen LogP contribution in [0.4, 0.5) is 10.1 Å². The second-order valence-electron chi connectivity index (χ2n) is 4.47. The molecule has 0 aromatic heterocycles. The van der Waals surface area contributed by atoms with Gasteiger partial charge in [-0.25, -0.2) is 4.39 Å². The molecule has 2 unspecified atom stereocenters. The maximum Gasteiger partial charge on any atom is 0.251 e. The van der Waals surface area contributed by atoms with Crippen molar-refractivity contribution in [2.45, 2.75) is 26.3 Å². The molecule has 2 atom stereocenters. The van der Waals surface area contributed by atoms with Crippen LogP contribution < -0.4 is 11.1 Å². The van der Waals surface area contributed by atoms with E-state index in [9.17, 15) is 9.18 Å². The summed E-state index contributed by atoms with van der Waals surface area (Å²) in [5.41, 5.74) is 6.60. The monoisotopic (exact) mass is 222 g/mol. The van der Waals surface area contributed by atoms with Gasteiger partial charge in [0.15, 0.2) is 0 Å². The Bertz CT molecular complexity index is 422. The summed E-state index contributed by atoms with van der Waals surface area (Å²) in [6.07, 6.45) is 0.996. The Hall–Kier alpha value is -1.58. The molecule has 1 saturated carbocycles. The Morgan fingerprint density at radius 1 is 1.56 bits per heavy atom. The maximum absolute atomic E-state index is 13.4. The molecule has 4 heteroatoms. The molecule has 3 N–H and O–H groups in total. The number of hydrogen-bond donors (Lipinski definition) is 2. The molecule has 3 nitrogen and oxygen atoms in total. The quantitative estimate of drug-likeness (QED) is 0.750. The first kappa shape index (κ1) is 10.9. The second-order valence-corrected chi connectivity index (χ2v) is 4.47. The molecule has 86 valence electrons. The highest BCUT2D eigenvalue weighted by Gasteiger charge is 2.34. The standard InChI is InChI=1S/C12H15FN2O/c1-6-3-11(6)15-12(16)8-4-9(13)7(2)10(14)5-8/h4-6,11H,3,14H2,1-2H3,(H,15,16). The molecule has 1 aromatic carbocycles. The first-order valence-electron chi connectivity index (χ1n) is 5.35. The Labute approximate surface area is 93.8 Å². The largest absolute Gasteiger partial charge is 0.398 e. The van der Waals surface area contributed by atoms with Crippen molar-refractivity contribution < 1.29 is 9.18 Å². The number of hydrogen-bond acceptors (Lipinski definition) is 2. The molecule has 1 amide bonds. The molecular weight excluding hydrogens is 207 g/mol. The molecule has 1 aliphatic carbocycles. The van der Waals surface area contributed by atoms with Gasteiger partial charge in [-0.15, -0.1) is 0 Å². The van der Waals surface area contributed by atoms with Crippen LogP contribution in [-0.4, -0.2) is 11.9 Å². The van der Waals surface area contributed by atoms with E-state index in [-0.39, 0.29) is 11.9 Å². The molecule has 0 aliphatic heterocycles. The minimum Gasteiger partial charge on any atom is -0.398 e. The lowest BCUT2D eigenvalue weighted by atomic mass is 10.1. The number of nitrogens with two attached hydrogens (primary N) is 1. The van der Waals surface area contributed by atoms with E-state index in [4.69, 9.17) is 5.73 Å². The summed E-state index contributed by atoms with van der Waals surface area (Å²) >= 11 is 0. The van der Waals surface area contributed by atoms with E-state index >= 15 is 0 Å². The lowest BCUT2D eigenvalue weighted by molar-refractivity contribution is 0.0949. The van der Waals surface area contributed by atoms with Crippen LogP contribution in [0.15, 0.2) is 12.1 Å². The molecular formula is C12H15FN2O. The molecule has 0 bridgehead atoms. The Morgan fingerprint density at radius 2 is 2.19 bits per heavy atom. The van der Waals surface area contributed by atoms with Gasteiger partial charge in [0.1, 0.15) is 5.82 Å². The predicted molar refractivity (Wildman–Crippen MR) is 60.6 cm³/mol. The van der Waals surface area contributed by atoms with Gasteiger partial charge in [0.25, 0.3) is 5.91 Å². The van der Waals surface area contributed by atoms with Crippen molar-refractivity contribution in [3.8, 4) is 0 Å². The number of rotatable bonds is 2. The van der Waals surface area contributed by atoms with E-state index in [2.05, 4.69) is 12.2 Å². The maximum atomic E-state index is 13.4. The number of carbonyl (C=O) groups excluding carboxylic acids is 1. The van der Waals surface area contributed by atoms with E-state index < -0.39 is 5.82 Å². The van der Waals surface area contributed by atoms with Gasteiger partial charge in [-0.3, -0.25) is 4.79 Å². The van der Waals surface area contributed by atoms with Gasteiger partial charge in [-0.05, 0) is 31.4 Å². The highest BCUT2D eigenvalue weighted by molar-refractivity contribution is 5.95. The van der Waals surface area contributed by atoms with Crippen molar-refractivity contribution in [1.29, 1.82) is 0 Å². The van der Waals surface area contributed by atoms with Crippen molar-refractivity contribution in [3.63, 3.8) is 0 Å². The first-order chi connectivity index (χ1) is 7.49. The zero-order valence-electron chi connectivity index (χ0n) is 9.38. The van der Waals surface area contributed by atoms with Crippen LogP contribution in [0, 0.1) is 18.7 Å². The molecule has 0 radical (unpaired) electrons. The van der Waals surface area contributed by atoms with Crippen LogP contribution in [0.2, 0.25) is 0 Å². The van der Waals surface area contributed by atoms with Gasteiger partial charge >= 0.3 is 0 Å². The van der Waals surface area contributed by atoms with Crippen molar-refractivity contribution in [2.24, 2.45) is 5.92 Å². The molecule has 0 saturated heterocycles. The smallest absolute Gasteiger partial charge is 0.251 e. The fraction of sp³-hybridized carbons (Fsp3) is 0.417. The summed E-state index contributed by atoms with van der Waals surface area (Å²) in [5.74, 6) is -0.162. The zero-order chi connectivity index (χ0) is 11.9. The minimum atomic E-state index is -0.436. The summed E-state index contributed by atoms with van der Waals surface area (Å²) in [6.45, 7) is 3.66. The fourth-order valence-corrected chi connectivity index (χ4v) is 1.61. The third kappa shape index (κ3) is 2.01. The minimum absolute atomic E-state index is 0.234. The van der Waals surface area contributed by atoms with Gasteiger partial charge in [-0.1, -0.05) is 6.92 Å². The average Bonchev–Trinajstić information content (AvgIpc) is 2.90. The molecule has 16 heavy (non-hydrogen) atoms. The molecule has 2 rings (SSSR count). The zero-order valence-corrected chi connectivity index (χ0v) is 9.38. The summed E-state index contributed by atoms with van der Waals surface area (Å²) < 4.78 is 13.4. The third-order valence-electron chi connectivity index (χ3n) is 3.07. The van der Waals surface area contributed by atoms with E-state index in [1.54, 1.807) is 6.92 Å². The van der Waals surface area contributed by atoms with Crippen molar-refractivity contribution in [1.82, 2.24) is 5.32 Å². The SMILES string of the molecule is Cc1c(N)cc(C(=O)NC2CC2C)cc1F. The molecule has 1 fully saturated rings. The lowest BCUT2D eigenvalue weighted by Crippen LogP contribution is -2.26. The second kappa shape index (κ2) is 3.77. The molecule has 1 aromatic rings. The first-order valence-corrected chi connectivity index (χ1v) is 5.35.